The molecule has 7 heteroatoms. The summed E-state index contributed by atoms with van der Waals surface area (Å²) in [5.74, 6) is 0.121. The maximum absolute atomic E-state index is 11.7. The van der Waals surface area contributed by atoms with Crippen molar-refractivity contribution in [1.82, 2.24) is 10.2 Å². The lowest BCUT2D eigenvalue weighted by atomic mass is 9.76. The topological polar surface area (TPSA) is 82.0 Å². The van der Waals surface area contributed by atoms with Gasteiger partial charge in [-0.2, -0.15) is 0 Å². The third-order valence-electron chi connectivity index (χ3n) is 7.01. The molecule has 29 heavy (non-hydrogen) atoms. The maximum Gasteiger partial charge on any atom is 0.251 e. The smallest absolute Gasteiger partial charge is 0.251 e. The third-order valence-corrected chi connectivity index (χ3v) is 8.35. The van der Waals surface area contributed by atoms with Crippen LogP contribution in [0.4, 0.5) is 0 Å². The number of aryl methyl sites for hydroxylation is 1. The van der Waals surface area contributed by atoms with Gasteiger partial charge in [-0.05, 0) is 56.6 Å². The molecule has 162 valence electrons. The Morgan fingerprint density at radius 1 is 1.48 bits per heavy atom. The number of carbonyl (C=O) groups is 1. The van der Waals surface area contributed by atoms with Crippen molar-refractivity contribution in [3.05, 3.63) is 21.4 Å². The van der Waals surface area contributed by atoms with Gasteiger partial charge in [-0.25, -0.2) is 0 Å². The minimum absolute atomic E-state index is 0.0933. The first-order valence-electron chi connectivity index (χ1n) is 11.0. The van der Waals surface area contributed by atoms with E-state index in [0.717, 1.165) is 58.2 Å². The van der Waals surface area contributed by atoms with E-state index in [1.165, 1.54) is 15.3 Å². The summed E-state index contributed by atoms with van der Waals surface area (Å²) < 4.78 is 6.44. The number of aliphatic hydroxyl groups is 2. The standard InChI is InChI=1S/C22H34N2O4S/c1-3-17-10-18-20(29-17)4-7-28-22(18)5-6-24(14(2)11-22)12-15-8-16(9-15)23-21(27)19(26)13-25/h10,14-16,19,25-26H,3-9,11-13H2,1-2H3,(H,23,27)/t14-,15-,16+,19?,22+/m0/s1. The summed E-state index contributed by atoms with van der Waals surface area (Å²) in [5, 5.41) is 21.1. The molecule has 1 amide bonds. The number of carbonyl (C=O) groups excluding carboxylic acids is 1. The van der Waals surface area contributed by atoms with Crippen LogP contribution < -0.4 is 5.32 Å². The Morgan fingerprint density at radius 2 is 2.28 bits per heavy atom. The average molecular weight is 423 g/mol. The highest BCUT2D eigenvalue weighted by Crippen LogP contribution is 2.46. The van der Waals surface area contributed by atoms with Crippen molar-refractivity contribution in [3.8, 4) is 0 Å². The number of fused-ring (bicyclic) bond motifs is 2. The summed E-state index contributed by atoms with van der Waals surface area (Å²) in [7, 11) is 0. The Balaban J connectivity index is 1.30. The van der Waals surface area contributed by atoms with E-state index in [1.807, 2.05) is 11.3 Å². The zero-order valence-corrected chi connectivity index (χ0v) is 18.3. The molecule has 2 fully saturated rings. The number of amides is 1. The number of thiophene rings is 1. The largest absolute Gasteiger partial charge is 0.393 e. The molecule has 0 radical (unpaired) electrons. The second kappa shape index (κ2) is 8.63. The van der Waals surface area contributed by atoms with Gasteiger partial charge in [0.15, 0.2) is 6.10 Å². The Morgan fingerprint density at radius 3 is 2.97 bits per heavy atom. The molecule has 1 saturated heterocycles. The van der Waals surface area contributed by atoms with Crippen molar-refractivity contribution < 1.29 is 19.7 Å². The number of hydrogen-bond donors (Lipinski definition) is 3. The SMILES string of the molecule is CCc1cc2c(s1)CCO[C@@]21CCN(C[C@H]2C[C@@H](NC(=O)C(O)CO)C2)[C@@H](C)C1. The molecule has 3 heterocycles. The fourth-order valence-corrected chi connectivity index (χ4v) is 6.44. The molecular formula is C22H34N2O4S. The lowest BCUT2D eigenvalue weighted by Gasteiger charge is -2.49. The summed E-state index contributed by atoms with van der Waals surface area (Å²) in [6.07, 6.45) is 4.85. The fraction of sp³-hybridized carbons (Fsp3) is 0.773. The molecule has 6 nitrogen and oxygen atoms in total. The normalized spacial score (nSPS) is 33.2. The minimum Gasteiger partial charge on any atom is -0.393 e. The van der Waals surface area contributed by atoms with Crippen molar-refractivity contribution in [2.45, 2.75) is 76.2 Å². The fourth-order valence-electron chi connectivity index (χ4n) is 5.26. The molecule has 1 aromatic rings. The Labute approximate surface area is 177 Å². The molecule has 3 aliphatic rings. The van der Waals surface area contributed by atoms with Crippen molar-refractivity contribution in [3.63, 3.8) is 0 Å². The summed E-state index contributed by atoms with van der Waals surface area (Å²) in [6, 6.07) is 3.01. The Hall–Kier alpha value is -0.990. The van der Waals surface area contributed by atoms with Crippen LogP contribution in [0.15, 0.2) is 6.07 Å². The second-order valence-electron chi connectivity index (χ2n) is 9.04. The highest BCUT2D eigenvalue weighted by atomic mass is 32.1. The third kappa shape index (κ3) is 4.26. The van der Waals surface area contributed by atoms with E-state index in [-0.39, 0.29) is 11.6 Å². The number of nitrogens with zero attached hydrogens (tertiary/aromatic N) is 1. The predicted octanol–water partition coefficient (Wildman–Crippen LogP) is 1.81. The second-order valence-corrected chi connectivity index (χ2v) is 10.3. The van der Waals surface area contributed by atoms with Crippen molar-refractivity contribution >= 4 is 17.2 Å². The van der Waals surface area contributed by atoms with Crippen LogP contribution in [0.3, 0.4) is 0 Å². The molecule has 4 rings (SSSR count). The van der Waals surface area contributed by atoms with Gasteiger partial charge in [0, 0.05) is 41.3 Å². The number of likely N-dealkylation sites (tertiary alicyclic amines) is 1. The first kappa shape index (κ1) is 21.2. The molecule has 1 unspecified atom stereocenters. The van der Waals surface area contributed by atoms with Gasteiger partial charge in [0.2, 0.25) is 0 Å². The molecule has 1 saturated carbocycles. The quantitative estimate of drug-likeness (QED) is 0.651. The molecule has 2 aliphatic heterocycles. The zero-order valence-electron chi connectivity index (χ0n) is 17.5. The highest BCUT2D eigenvalue weighted by Gasteiger charge is 2.45. The van der Waals surface area contributed by atoms with Crippen LogP contribution >= 0.6 is 11.3 Å². The van der Waals surface area contributed by atoms with Crippen LogP contribution in [-0.2, 0) is 28.0 Å². The summed E-state index contributed by atoms with van der Waals surface area (Å²) in [4.78, 5) is 17.3. The molecule has 0 bridgehead atoms. The number of ether oxygens (including phenoxy) is 1. The Kier molecular flexibility index (Phi) is 6.33. The van der Waals surface area contributed by atoms with Gasteiger partial charge in [-0.15, -0.1) is 11.3 Å². The van der Waals surface area contributed by atoms with E-state index >= 15 is 0 Å². The van der Waals surface area contributed by atoms with Crippen LogP contribution in [0, 0.1) is 5.92 Å². The van der Waals surface area contributed by atoms with Crippen molar-refractivity contribution in [1.29, 1.82) is 0 Å². The lowest BCUT2D eigenvalue weighted by Crippen LogP contribution is -2.55. The van der Waals surface area contributed by atoms with Crippen molar-refractivity contribution in [2.24, 2.45) is 5.92 Å². The monoisotopic (exact) mass is 422 g/mol. The predicted molar refractivity (Wildman–Crippen MR) is 113 cm³/mol. The summed E-state index contributed by atoms with van der Waals surface area (Å²) >= 11 is 1.98. The van der Waals surface area contributed by atoms with Gasteiger partial charge < -0.3 is 25.2 Å². The van der Waals surface area contributed by atoms with Gasteiger partial charge in [-0.3, -0.25) is 4.79 Å². The average Bonchev–Trinajstić information content (AvgIpc) is 3.12. The molecule has 1 aromatic heterocycles. The first-order valence-corrected chi connectivity index (χ1v) is 11.8. The van der Waals surface area contributed by atoms with Gasteiger partial charge in [0.25, 0.3) is 5.91 Å². The first-order chi connectivity index (χ1) is 13.9. The van der Waals surface area contributed by atoms with E-state index < -0.39 is 18.6 Å². The zero-order chi connectivity index (χ0) is 20.6. The van der Waals surface area contributed by atoms with Gasteiger partial charge in [0.05, 0.1) is 18.8 Å². The van der Waals surface area contributed by atoms with Gasteiger partial charge >= 0.3 is 0 Å². The molecule has 3 N–H and O–H groups in total. The van der Waals surface area contributed by atoms with Crippen LogP contribution in [0.25, 0.3) is 0 Å². The van der Waals surface area contributed by atoms with E-state index in [2.05, 4.69) is 30.1 Å². The number of piperidine rings is 1. The van der Waals surface area contributed by atoms with Crippen LogP contribution in [0.1, 0.15) is 54.8 Å². The van der Waals surface area contributed by atoms with E-state index in [0.29, 0.717) is 12.0 Å². The molecule has 1 spiro atoms. The maximum atomic E-state index is 11.7. The number of rotatable bonds is 6. The lowest BCUT2D eigenvalue weighted by molar-refractivity contribution is -0.133. The highest BCUT2D eigenvalue weighted by molar-refractivity contribution is 7.12. The molecule has 3 atom stereocenters. The molecular weight excluding hydrogens is 388 g/mol. The molecule has 1 aliphatic carbocycles. The Bertz CT molecular complexity index is 732. The van der Waals surface area contributed by atoms with E-state index in [1.54, 1.807) is 0 Å². The number of hydrogen-bond acceptors (Lipinski definition) is 6. The van der Waals surface area contributed by atoms with Gasteiger partial charge in [-0.1, -0.05) is 6.92 Å². The van der Waals surface area contributed by atoms with E-state index in [9.17, 15) is 9.90 Å². The van der Waals surface area contributed by atoms with Crippen LogP contribution in [0.5, 0.6) is 0 Å². The van der Waals surface area contributed by atoms with Crippen molar-refractivity contribution in [2.75, 3.05) is 26.3 Å². The van der Waals surface area contributed by atoms with E-state index in [4.69, 9.17) is 9.84 Å². The molecule has 0 aromatic carbocycles. The number of aliphatic hydroxyl groups excluding tert-OH is 2. The van der Waals surface area contributed by atoms with Crippen LogP contribution in [-0.4, -0.2) is 65.5 Å². The number of nitrogens with one attached hydrogen (secondary N) is 1. The minimum atomic E-state index is -1.31. The summed E-state index contributed by atoms with van der Waals surface area (Å²) in [5.41, 5.74) is 1.37. The van der Waals surface area contributed by atoms with Gasteiger partial charge in [0.1, 0.15) is 0 Å². The summed E-state index contributed by atoms with van der Waals surface area (Å²) in [6.45, 7) is 6.98. The van der Waals surface area contributed by atoms with Crippen LogP contribution in [0.2, 0.25) is 0 Å².